The molecule has 3 rings (SSSR count). The highest BCUT2D eigenvalue weighted by Gasteiger charge is 2.17. The van der Waals surface area contributed by atoms with Gasteiger partial charge in [0.1, 0.15) is 5.82 Å². The van der Waals surface area contributed by atoms with E-state index in [4.69, 9.17) is 4.42 Å². The topological polar surface area (TPSA) is 67.6 Å². The summed E-state index contributed by atoms with van der Waals surface area (Å²) in [6, 6.07) is 9.95. The van der Waals surface area contributed by atoms with E-state index in [1.54, 1.807) is 6.20 Å². The van der Waals surface area contributed by atoms with Crippen molar-refractivity contribution in [2.24, 2.45) is 0 Å². The van der Waals surface area contributed by atoms with Crippen LogP contribution in [0.3, 0.4) is 0 Å². The molecule has 0 aliphatic rings. The molecule has 0 bridgehead atoms. The Balaban J connectivity index is 1.73. The van der Waals surface area contributed by atoms with E-state index in [1.165, 1.54) is 11.8 Å². The number of rotatable bonds is 5. The van der Waals surface area contributed by atoms with Crippen LogP contribution >= 0.6 is 11.8 Å². The molecule has 1 N–H and O–H groups in total. The predicted octanol–water partition coefficient (Wildman–Crippen LogP) is 3.88. The second-order valence-electron chi connectivity index (χ2n) is 4.61. The summed E-state index contributed by atoms with van der Waals surface area (Å²) in [4.78, 5) is 8.75. The summed E-state index contributed by atoms with van der Waals surface area (Å²) in [7, 11) is 0. The molecule has 0 spiro atoms. The van der Waals surface area contributed by atoms with Crippen molar-refractivity contribution in [3.63, 3.8) is 0 Å². The van der Waals surface area contributed by atoms with Crippen LogP contribution in [0, 0.1) is 0 Å². The van der Waals surface area contributed by atoms with E-state index in [0.29, 0.717) is 5.89 Å². The number of nitrogens with one attached hydrogen (secondary N) is 1. The molecule has 0 unspecified atom stereocenters. The van der Waals surface area contributed by atoms with E-state index >= 15 is 0 Å². The molecule has 108 valence electrons. The molecule has 0 radical (unpaired) electrons. The van der Waals surface area contributed by atoms with Crippen molar-refractivity contribution in [3.8, 4) is 11.3 Å². The fourth-order valence-electron chi connectivity index (χ4n) is 1.91. The van der Waals surface area contributed by atoms with Crippen molar-refractivity contribution >= 4 is 11.8 Å². The first kappa shape index (κ1) is 13.9. The second kappa shape index (κ2) is 6.13. The molecular weight excluding hydrogens is 284 g/mol. The molecule has 0 aliphatic carbocycles. The summed E-state index contributed by atoms with van der Waals surface area (Å²) >= 11 is 1.53. The Labute approximate surface area is 127 Å². The fourth-order valence-corrected chi connectivity index (χ4v) is 2.70. The highest BCUT2D eigenvalue weighted by Crippen LogP contribution is 2.33. The van der Waals surface area contributed by atoms with Gasteiger partial charge in [-0.05, 0) is 6.92 Å². The number of H-pyrrole nitrogens is 1. The average Bonchev–Trinajstić information content (AvgIpc) is 3.17. The lowest BCUT2D eigenvalue weighted by Crippen LogP contribution is -1.89. The third-order valence-corrected chi connectivity index (χ3v) is 4.01. The molecular formula is C15H16N4OS. The maximum absolute atomic E-state index is 5.84. The summed E-state index contributed by atoms with van der Waals surface area (Å²) in [5, 5.41) is 7.86. The van der Waals surface area contributed by atoms with Gasteiger partial charge in [0.05, 0.1) is 11.4 Å². The average molecular weight is 300 g/mol. The van der Waals surface area contributed by atoms with Gasteiger partial charge in [0.25, 0.3) is 0 Å². The zero-order chi connectivity index (χ0) is 14.7. The lowest BCUT2D eigenvalue weighted by molar-refractivity contribution is 0.510. The zero-order valence-electron chi connectivity index (χ0n) is 11.9. The Morgan fingerprint density at radius 1 is 1.29 bits per heavy atom. The zero-order valence-corrected chi connectivity index (χ0v) is 12.7. The van der Waals surface area contributed by atoms with E-state index in [-0.39, 0.29) is 5.25 Å². The van der Waals surface area contributed by atoms with E-state index in [9.17, 15) is 0 Å². The normalized spacial score (nSPS) is 12.5. The van der Waals surface area contributed by atoms with Crippen LogP contribution in [0.5, 0.6) is 0 Å². The van der Waals surface area contributed by atoms with Crippen LogP contribution in [-0.2, 0) is 6.42 Å². The van der Waals surface area contributed by atoms with Crippen LogP contribution in [0.2, 0.25) is 0 Å². The van der Waals surface area contributed by atoms with Crippen molar-refractivity contribution in [3.05, 3.63) is 48.2 Å². The van der Waals surface area contributed by atoms with Gasteiger partial charge in [0.15, 0.2) is 5.76 Å². The Morgan fingerprint density at radius 2 is 2.10 bits per heavy atom. The number of nitrogens with zero attached hydrogens (tertiary/aromatic N) is 3. The molecule has 2 aromatic heterocycles. The van der Waals surface area contributed by atoms with Gasteiger partial charge in [-0.2, -0.15) is 0 Å². The SMILES string of the molecule is CCc1nc(S[C@H](C)c2ncc(-c3ccccc3)o2)n[nH]1. The van der Waals surface area contributed by atoms with Crippen molar-refractivity contribution in [2.45, 2.75) is 30.7 Å². The molecule has 6 heteroatoms. The molecule has 21 heavy (non-hydrogen) atoms. The smallest absolute Gasteiger partial charge is 0.209 e. The van der Waals surface area contributed by atoms with Crippen LogP contribution in [0.15, 0.2) is 46.1 Å². The largest absolute Gasteiger partial charge is 0.440 e. The third-order valence-electron chi connectivity index (χ3n) is 3.06. The van der Waals surface area contributed by atoms with Gasteiger partial charge in [-0.1, -0.05) is 49.0 Å². The van der Waals surface area contributed by atoms with E-state index in [0.717, 1.165) is 28.7 Å². The van der Waals surface area contributed by atoms with E-state index in [1.807, 2.05) is 44.2 Å². The third kappa shape index (κ3) is 3.16. The molecule has 0 aliphatic heterocycles. The lowest BCUT2D eigenvalue weighted by Gasteiger charge is -2.03. The molecule has 0 saturated heterocycles. The molecule has 2 heterocycles. The number of oxazole rings is 1. The van der Waals surface area contributed by atoms with Gasteiger partial charge >= 0.3 is 0 Å². The van der Waals surface area contributed by atoms with Crippen LogP contribution in [0.1, 0.15) is 30.8 Å². The quantitative estimate of drug-likeness (QED) is 0.724. The van der Waals surface area contributed by atoms with Crippen molar-refractivity contribution in [2.75, 3.05) is 0 Å². The van der Waals surface area contributed by atoms with E-state index in [2.05, 4.69) is 20.2 Å². The molecule has 3 aromatic rings. The van der Waals surface area contributed by atoms with Crippen LogP contribution in [-0.4, -0.2) is 20.2 Å². The van der Waals surface area contributed by atoms with Gasteiger partial charge < -0.3 is 4.42 Å². The Hall–Kier alpha value is -2.08. The number of hydrogen-bond donors (Lipinski definition) is 1. The number of aryl methyl sites for hydroxylation is 1. The molecule has 1 atom stereocenters. The predicted molar refractivity (Wildman–Crippen MR) is 82.0 cm³/mol. The monoisotopic (exact) mass is 300 g/mol. The molecule has 0 fully saturated rings. The van der Waals surface area contributed by atoms with Crippen LogP contribution in [0.25, 0.3) is 11.3 Å². The standard InChI is InChI=1S/C15H16N4OS/c1-3-13-17-15(19-18-13)21-10(2)14-16-9-12(20-14)11-7-5-4-6-8-11/h4-10H,3H2,1-2H3,(H,17,18,19)/t10-/m1/s1. The van der Waals surface area contributed by atoms with E-state index < -0.39 is 0 Å². The minimum absolute atomic E-state index is 0.0583. The molecule has 5 nitrogen and oxygen atoms in total. The van der Waals surface area contributed by atoms with Crippen molar-refractivity contribution in [1.82, 2.24) is 20.2 Å². The Bertz CT molecular complexity index is 707. The maximum Gasteiger partial charge on any atom is 0.209 e. The van der Waals surface area contributed by atoms with Crippen LogP contribution in [0.4, 0.5) is 0 Å². The Morgan fingerprint density at radius 3 is 2.81 bits per heavy atom. The minimum Gasteiger partial charge on any atom is -0.440 e. The minimum atomic E-state index is 0.0583. The van der Waals surface area contributed by atoms with Crippen molar-refractivity contribution < 1.29 is 4.42 Å². The highest BCUT2D eigenvalue weighted by atomic mass is 32.2. The summed E-state index contributed by atoms with van der Waals surface area (Å²) in [6.45, 7) is 4.08. The number of aromatic nitrogens is 4. The molecule has 1 aromatic carbocycles. The summed E-state index contributed by atoms with van der Waals surface area (Å²) in [5.74, 6) is 2.35. The lowest BCUT2D eigenvalue weighted by atomic mass is 10.2. The molecule has 0 amide bonds. The first-order valence-corrected chi connectivity index (χ1v) is 7.73. The second-order valence-corrected chi connectivity index (χ2v) is 5.92. The summed E-state index contributed by atoms with van der Waals surface area (Å²) in [6.07, 6.45) is 2.61. The first-order valence-electron chi connectivity index (χ1n) is 6.85. The van der Waals surface area contributed by atoms with Gasteiger partial charge in [-0.25, -0.2) is 9.97 Å². The van der Waals surface area contributed by atoms with Gasteiger partial charge in [-0.3, -0.25) is 5.10 Å². The Kier molecular flexibility index (Phi) is 4.06. The molecule has 0 saturated carbocycles. The van der Waals surface area contributed by atoms with Crippen molar-refractivity contribution in [1.29, 1.82) is 0 Å². The van der Waals surface area contributed by atoms with Gasteiger partial charge in [0, 0.05) is 12.0 Å². The van der Waals surface area contributed by atoms with Gasteiger partial charge in [0.2, 0.25) is 11.0 Å². The van der Waals surface area contributed by atoms with Crippen LogP contribution < -0.4 is 0 Å². The maximum atomic E-state index is 5.84. The van der Waals surface area contributed by atoms with Gasteiger partial charge in [-0.15, -0.1) is 5.10 Å². The fraction of sp³-hybridized carbons (Fsp3) is 0.267. The number of thioether (sulfide) groups is 1. The summed E-state index contributed by atoms with van der Waals surface area (Å²) in [5.41, 5.74) is 1.03. The first-order chi connectivity index (χ1) is 10.3. The number of hydrogen-bond acceptors (Lipinski definition) is 5. The number of benzene rings is 1. The number of aromatic amines is 1. The highest BCUT2D eigenvalue weighted by molar-refractivity contribution is 7.99. The summed E-state index contributed by atoms with van der Waals surface area (Å²) < 4.78 is 5.84.